The lowest BCUT2D eigenvalue weighted by Gasteiger charge is -2.18. The van der Waals surface area contributed by atoms with Crippen molar-refractivity contribution < 1.29 is 4.79 Å². The molecule has 108 valence electrons. The quantitative estimate of drug-likeness (QED) is 0.870. The molecule has 0 saturated heterocycles. The van der Waals surface area contributed by atoms with Crippen LogP contribution < -0.4 is 10.6 Å². The van der Waals surface area contributed by atoms with Gasteiger partial charge in [0, 0.05) is 27.2 Å². The number of nitrogens with two attached hydrogens (primary N) is 1. The van der Waals surface area contributed by atoms with E-state index in [9.17, 15) is 4.79 Å². The monoisotopic (exact) mass is 284 g/mol. The van der Waals surface area contributed by atoms with Crippen LogP contribution in [-0.2, 0) is 0 Å². The lowest BCUT2D eigenvalue weighted by Crippen LogP contribution is -2.30. The van der Waals surface area contributed by atoms with Crippen LogP contribution in [0.3, 0.4) is 0 Å². The first-order chi connectivity index (χ1) is 8.86. The van der Waals surface area contributed by atoms with E-state index in [1.54, 1.807) is 11.9 Å². The fraction of sp³-hybridized carbons (Fsp3) is 0.692. The number of aromatic nitrogens is 1. The molecule has 1 amide bonds. The van der Waals surface area contributed by atoms with Gasteiger partial charge in [-0.3, -0.25) is 4.79 Å². The molecule has 1 aromatic rings. The van der Waals surface area contributed by atoms with Gasteiger partial charge < -0.3 is 15.5 Å². The zero-order chi connectivity index (χ0) is 14.6. The summed E-state index contributed by atoms with van der Waals surface area (Å²) in [6, 6.07) is 0. The Morgan fingerprint density at radius 2 is 2.05 bits per heavy atom. The van der Waals surface area contributed by atoms with E-state index in [2.05, 4.69) is 25.8 Å². The number of rotatable bonds is 6. The number of nitrogens with zero attached hydrogens (tertiary/aromatic N) is 3. The number of carbonyl (C=O) groups excluding carboxylic acids is 1. The van der Waals surface area contributed by atoms with Gasteiger partial charge in [-0.15, -0.1) is 0 Å². The third-order valence-corrected chi connectivity index (χ3v) is 3.88. The summed E-state index contributed by atoms with van der Waals surface area (Å²) in [5.41, 5.74) is 5.87. The maximum atomic E-state index is 12.3. The van der Waals surface area contributed by atoms with E-state index in [0.717, 1.165) is 24.6 Å². The largest absolute Gasteiger partial charge is 0.382 e. The molecular formula is C13H24N4OS. The molecule has 0 aliphatic carbocycles. The summed E-state index contributed by atoms with van der Waals surface area (Å²) in [5.74, 6) is 0.730. The maximum absolute atomic E-state index is 12.3. The van der Waals surface area contributed by atoms with Crippen LogP contribution in [0, 0.1) is 5.92 Å². The molecule has 0 radical (unpaired) electrons. The normalized spacial score (nSPS) is 10.8. The highest BCUT2D eigenvalue weighted by Gasteiger charge is 2.21. The molecule has 2 N–H and O–H groups in total. The van der Waals surface area contributed by atoms with Gasteiger partial charge in [-0.2, -0.15) is 0 Å². The average molecular weight is 284 g/mol. The molecule has 0 unspecified atom stereocenters. The van der Waals surface area contributed by atoms with Crippen LogP contribution in [0.2, 0.25) is 0 Å². The minimum atomic E-state index is -0.0418. The van der Waals surface area contributed by atoms with Crippen LogP contribution in [0.1, 0.15) is 36.9 Å². The minimum absolute atomic E-state index is 0.0418. The summed E-state index contributed by atoms with van der Waals surface area (Å²) in [7, 11) is 3.77. The van der Waals surface area contributed by atoms with Crippen molar-refractivity contribution >= 4 is 28.2 Å². The van der Waals surface area contributed by atoms with Crippen LogP contribution in [0.25, 0.3) is 0 Å². The second kappa shape index (κ2) is 6.75. The Balaban J connectivity index is 2.86. The highest BCUT2D eigenvalue weighted by molar-refractivity contribution is 7.18. The second-order valence-corrected chi connectivity index (χ2v) is 6.19. The minimum Gasteiger partial charge on any atom is -0.382 e. The molecule has 0 aliphatic rings. The van der Waals surface area contributed by atoms with Crippen LogP contribution in [0.15, 0.2) is 0 Å². The topological polar surface area (TPSA) is 62.5 Å². The average Bonchev–Trinajstić information content (AvgIpc) is 2.70. The first-order valence-electron chi connectivity index (χ1n) is 6.59. The van der Waals surface area contributed by atoms with Gasteiger partial charge in [-0.1, -0.05) is 32.1 Å². The van der Waals surface area contributed by atoms with Crippen molar-refractivity contribution in [3.63, 3.8) is 0 Å². The van der Waals surface area contributed by atoms with Gasteiger partial charge in [-0.25, -0.2) is 4.98 Å². The SMILES string of the molecule is CCCN(C)c1nc(N)c(C(=O)N(C)CC(C)C)s1. The zero-order valence-electron chi connectivity index (χ0n) is 12.4. The number of hydrogen-bond donors (Lipinski definition) is 1. The molecule has 1 heterocycles. The van der Waals surface area contributed by atoms with Crippen LogP contribution in [0.5, 0.6) is 0 Å². The highest BCUT2D eigenvalue weighted by Crippen LogP contribution is 2.28. The fourth-order valence-corrected chi connectivity index (χ4v) is 2.84. The molecule has 0 bridgehead atoms. The number of carbonyl (C=O) groups is 1. The number of thiazole rings is 1. The smallest absolute Gasteiger partial charge is 0.267 e. The highest BCUT2D eigenvalue weighted by atomic mass is 32.1. The molecule has 0 atom stereocenters. The lowest BCUT2D eigenvalue weighted by atomic mass is 10.2. The summed E-state index contributed by atoms with van der Waals surface area (Å²) >= 11 is 1.37. The van der Waals surface area contributed by atoms with E-state index in [-0.39, 0.29) is 5.91 Å². The van der Waals surface area contributed by atoms with Gasteiger partial charge in [0.25, 0.3) is 5.91 Å². The zero-order valence-corrected chi connectivity index (χ0v) is 13.3. The van der Waals surface area contributed by atoms with Gasteiger partial charge in [0.05, 0.1) is 0 Å². The van der Waals surface area contributed by atoms with Gasteiger partial charge in [0.15, 0.2) is 5.13 Å². The maximum Gasteiger partial charge on any atom is 0.267 e. The molecule has 0 spiro atoms. The molecule has 19 heavy (non-hydrogen) atoms. The van der Waals surface area contributed by atoms with Gasteiger partial charge in [0.1, 0.15) is 10.7 Å². The van der Waals surface area contributed by atoms with Gasteiger partial charge in [0.2, 0.25) is 0 Å². The van der Waals surface area contributed by atoms with E-state index in [1.165, 1.54) is 11.3 Å². The summed E-state index contributed by atoms with van der Waals surface area (Å²) < 4.78 is 0. The third-order valence-electron chi connectivity index (χ3n) is 2.71. The first kappa shape index (κ1) is 15.8. The Morgan fingerprint density at radius 1 is 1.42 bits per heavy atom. The van der Waals surface area contributed by atoms with E-state index in [0.29, 0.717) is 16.6 Å². The van der Waals surface area contributed by atoms with Crippen molar-refractivity contribution in [2.45, 2.75) is 27.2 Å². The molecule has 5 nitrogen and oxygen atoms in total. The van der Waals surface area contributed by atoms with E-state index in [1.807, 2.05) is 11.9 Å². The van der Waals surface area contributed by atoms with E-state index >= 15 is 0 Å². The molecular weight excluding hydrogens is 260 g/mol. The molecule has 1 aromatic heterocycles. The summed E-state index contributed by atoms with van der Waals surface area (Å²) in [6.07, 6.45) is 1.03. The second-order valence-electron chi connectivity index (χ2n) is 5.21. The summed E-state index contributed by atoms with van der Waals surface area (Å²) in [6.45, 7) is 7.90. The standard InChI is InChI=1S/C13H24N4OS/c1-6-7-16(4)13-15-11(14)10(19-13)12(18)17(5)8-9(2)3/h9H,6-8,14H2,1-5H3. The molecule has 0 fully saturated rings. The van der Waals surface area contributed by atoms with E-state index < -0.39 is 0 Å². The predicted molar refractivity (Wildman–Crippen MR) is 81.9 cm³/mol. The van der Waals surface area contributed by atoms with Crippen LogP contribution in [-0.4, -0.2) is 43.0 Å². The molecule has 1 rings (SSSR count). The first-order valence-corrected chi connectivity index (χ1v) is 7.41. The number of anilines is 2. The number of hydrogen-bond acceptors (Lipinski definition) is 5. The number of nitrogen functional groups attached to an aromatic ring is 1. The Bertz CT molecular complexity index is 430. The van der Waals surface area contributed by atoms with E-state index in [4.69, 9.17) is 5.73 Å². The van der Waals surface area contributed by atoms with Crippen molar-refractivity contribution in [2.75, 3.05) is 37.8 Å². The van der Waals surface area contributed by atoms with Crippen molar-refractivity contribution in [1.29, 1.82) is 0 Å². The fourth-order valence-electron chi connectivity index (χ4n) is 1.87. The summed E-state index contributed by atoms with van der Waals surface area (Å²) in [4.78, 5) is 20.9. The molecule has 0 aliphatic heterocycles. The summed E-state index contributed by atoms with van der Waals surface area (Å²) in [5, 5.41) is 0.806. The van der Waals surface area contributed by atoms with Crippen molar-refractivity contribution in [3.8, 4) is 0 Å². The number of amides is 1. The lowest BCUT2D eigenvalue weighted by molar-refractivity contribution is 0.0784. The van der Waals surface area contributed by atoms with Crippen molar-refractivity contribution in [2.24, 2.45) is 5.92 Å². The van der Waals surface area contributed by atoms with Gasteiger partial charge in [-0.05, 0) is 12.3 Å². The van der Waals surface area contributed by atoms with Crippen LogP contribution >= 0.6 is 11.3 Å². The molecule has 6 heteroatoms. The van der Waals surface area contributed by atoms with Gasteiger partial charge >= 0.3 is 0 Å². The third kappa shape index (κ3) is 4.09. The van der Waals surface area contributed by atoms with Crippen molar-refractivity contribution in [3.05, 3.63) is 4.88 Å². The molecule has 0 saturated carbocycles. The van der Waals surface area contributed by atoms with Crippen LogP contribution in [0.4, 0.5) is 10.9 Å². The molecule has 0 aromatic carbocycles. The van der Waals surface area contributed by atoms with Crippen molar-refractivity contribution in [1.82, 2.24) is 9.88 Å². The Labute approximate surface area is 119 Å². The Kier molecular flexibility index (Phi) is 5.60. The Morgan fingerprint density at radius 3 is 2.58 bits per heavy atom. The predicted octanol–water partition coefficient (Wildman–Crippen LogP) is 2.30. The Hall–Kier alpha value is -1.30.